The van der Waals surface area contributed by atoms with E-state index in [0.29, 0.717) is 6.61 Å². The van der Waals surface area contributed by atoms with Gasteiger partial charge < -0.3 is 15.6 Å². The van der Waals surface area contributed by atoms with Crippen LogP contribution in [0.15, 0.2) is 24.3 Å². The Hall–Kier alpha value is -1.06. The van der Waals surface area contributed by atoms with Crippen molar-refractivity contribution >= 4 is 0 Å². The van der Waals surface area contributed by atoms with Crippen molar-refractivity contribution in [2.24, 2.45) is 5.73 Å². The minimum atomic E-state index is -0.427. The first kappa shape index (κ1) is 13.0. The van der Waals surface area contributed by atoms with E-state index in [-0.39, 0.29) is 0 Å². The molecule has 90 valence electrons. The Bertz CT molecular complexity index is 282. The van der Waals surface area contributed by atoms with E-state index >= 15 is 0 Å². The van der Waals surface area contributed by atoms with Gasteiger partial charge >= 0.3 is 0 Å². The van der Waals surface area contributed by atoms with Crippen molar-refractivity contribution in [1.82, 2.24) is 0 Å². The Labute approximate surface area is 97.2 Å². The molecule has 1 unspecified atom stereocenters. The first-order valence-corrected chi connectivity index (χ1v) is 5.82. The zero-order valence-electron chi connectivity index (χ0n) is 9.86. The highest BCUT2D eigenvalue weighted by atomic mass is 16.5. The van der Waals surface area contributed by atoms with Crippen LogP contribution in [0.5, 0.6) is 5.75 Å². The third-order valence-corrected chi connectivity index (χ3v) is 2.33. The van der Waals surface area contributed by atoms with Crippen LogP contribution in [-0.4, -0.2) is 24.4 Å². The number of nitrogens with two attached hydrogens (primary N) is 1. The monoisotopic (exact) mass is 223 g/mol. The predicted octanol–water partition coefficient (Wildman–Crippen LogP) is 1.73. The maximum Gasteiger partial charge on any atom is 0.119 e. The largest absolute Gasteiger partial charge is 0.491 e. The average molecular weight is 223 g/mol. The standard InChI is InChI=1S/C13H21NO2/c1-11(15)10-16-13-7-5-12(6-8-13)4-2-3-9-14/h5-8,11,15H,2-4,9-10,14H2,1H3. The molecular formula is C13H21NO2. The zero-order valence-corrected chi connectivity index (χ0v) is 9.86. The van der Waals surface area contributed by atoms with Gasteiger partial charge in [0.25, 0.3) is 0 Å². The summed E-state index contributed by atoms with van der Waals surface area (Å²) in [6, 6.07) is 8.02. The molecule has 0 amide bonds. The average Bonchev–Trinajstić information content (AvgIpc) is 2.28. The van der Waals surface area contributed by atoms with E-state index in [4.69, 9.17) is 15.6 Å². The van der Waals surface area contributed by atoms with Gasteiger partial charge in [-0.05, 0) is 50.4 Å². The highest BCUT2D eigenvalue weighted by Gasteiger charge is 1.98. The lowest BCUT2D eigenvalue weighted by atomic mass is 10.1. The summed E-state index contributed by atoms with van der Waals surface area (Å²) in [4.78, 5) is 0. The highest BCUT2D eigenvalue weighted by Crippen LogP contribution is 2.14. The summed E-state index contributed by atoms with van der Waals surface area (Å²) >= 11 is 0. The quantitative estimate of drug-likeness (QED) is 0.692. The number of ether oxygens (including phenoxy) is 1. The van der Waals surface area contributed by atoms with Crippen molar-refractivity contribution in [2.45, 2.75) is 32.3 Å². The van der Waals surface area contributed by atoms with E-state index in [1.54, 1.807) is 6.92 Å². The van der Waals surface area contributed by atoms with E-state index < -0.39 is 6.10 Å². The lowest BCUT2D eigenvalue weighted by Gasteiger charge is -2.08. The van der Waals surface area contributed by atoms with Gasteiger partial charge in [-0.1, -0.05) is 12.1 Å². The highest BCUT2D eigenvalue weighted by molar-refractivity contribution is 5.27. The second kappa shape index (κ2) is 7.25. The fourth-order valence-corrected chi connectivity index (χ4v) is 1.44. The van der Waals surface area contributed by atoms with Gasteiger partial charge in [0.15, 0.2) is 0 Å². The molecule has 0 aromatic heterocycles. The minimum Gasteiger partial charge on any atom is -0.491 e. The number of unbranched alkanes of at least 4 members (excludes halogenated alkanes) is 1. The molecule has 3 heteroatoms. The Kier molecular flexibility index (Phi) is 5.90. The van der Waals surface area contributed by atoms with E-state index in [2.05, 4.69) is 12.1 Å². The normalized spacial score (nSPS) is 12.4. The zero-order chi connectivity index (χ0) is 11.8. The molecule has 1 rings (SSSR count). The Morgan fingerprint density at radius 2 is 1.94 bits per heavy atom. The number of aliphatic hydroxyl groups excluding tert-OH is 1. The third kappa shape index (κ3) is 5.14. The molecule has 0 aliphatic carbocycles. The molecule has 0 heterocycles. The number of benzene rings is 1. The van der Waals surface area contributed by atoms with Gasteiger partial charge in [-0.25, -0.2) is 0 Å². The Morgan fingerprint density at radius 3 is 2.50 bits per heavy atom. The summed E-state index contributed by atoms with van der Waals surface area (Å²) in [6.45, 7) is 2.81. The SMILES string of the molecule is CC(O)COc1ccc(CCCCN)cc1. The van der Waals surface area contributed by atoms with E-state index in [9.17, 15) is 0 Å². The smallest absolute Gasteiger partial charge is 0.119 e. The molecule has 1 aromatic rings. The summed E-state index contributed by atoms with van der Waals surface area (Å²) < 4.78 is 5.38. The molecule has 0 spiro atoms. The van der Waals surface area contributed by atoms with Gasteiger partial charge in [0.05, 0.1) is 6.10 Å². The van der Waals surface area contributed by atoms with Crippen LogP contribution in [0.1, 0.15) is 25.3 Å². The van der Waals surface area contributed by atoms with Crippen LogP contribution in [0.3, 0.4) is 0 Å². The van der Waals surface area contributed by atoms with Gasteiger partial charge in [-0.2, -0.15) is 0 Å². The number of aryl methyl sites for hydroxylation is 1. The van der Waals surface area contributed by atoms with E-state index in [0.717, 1.165) is 31.6 Å². The number of hydrogen-bond acceptors (Lipinski definition) is 3. The van der Waals surface area contributed by atoms with Crippen molar-refractivity contribution in [3.63, 3.8) is 0 Å². The van der Waals surface area contributed by atoms with E-state index in [1.807, 2.05) is 12.1 Å². The molecule has 3 nitrogen and oxygen atoms in total. The summed E-state index contributed by atoms with van der Waals surface area (Å²) in [5.74, 6) is 0.809. The van der Waals surface area contributed by atoms with Gasteiger partial charge in [0, 0.05) is 0 Å². The molecule has 0 radical (unpaired) electrons. The van der Waals surface area contributed by atoms with Crippen molar-refractivity contribution in [3.05, 3.63) is 29.8 Å². The van der Waals surface area contributed by atoms with Crippen LogP contribution in [0.25, 0.3) is 0 Å². The molecule has 0 bridgehead atoms. The Morgan fingerprint density at radius 1 is 1.25 bits per heavy atom. The van der Waals surface area contributed by atoms with Crippen molar-refractivity contribution in [2.75, 3.05) is 13.2 Å². The summed E-state index contributed by atoms with van der Waals surface area (Å²) in [5.41, 5.74) is 6.74. The van der Waals surface area contributed by atoms with E-state index in [1.165, 1.54) is 5.56 Å². The molecule has 0 fully saturated rings. The second-order valence-corrected chi connectivity index (χ2v) is 4.05. The third-order valence-electron chi connectivity index (χ3n) is 2.33. The molecule has 3 N–H and O–H groups in total. The Balaban J connectivity index is 2.35. The second-order valence-electron chi connectivity index (χ2n) is 4.05. The number of rotatable bonds is 7. The van der Waals surface area contributed by atoms with Crippen molar-refractivity contribution in [3.8, 4) is 5.75 Å². The summed E-state index contributed by atoms with van der Waals surface area (Å²) in [5, 5.41) is 9.07. The van der Waals surface area contributed by atoms with Crippen molar-refractivity contribution in [1.29, 1.82) is 0 Å². The minimum absolute atomic E-state index is 0.340. The first-order chi connectivity index (χ1) is 7.72. The first-order valence-electron chi connectivity index (χ1n) is 5.82. The molecule has 0 aliphatic rings. The lowest BCUT2D eigenvalue weighted by molar-refractivity contribution is 0.122. The van der Waals surface area contributed by atoms with Crippen LogP contribution in [0.4, 0.5) is 0 Å². The van der Waals surface area contributed by atoms with Gasteiger partial charge in [0.1, 0.15) is 12.4 Å². The van der Waals surface area contributed by atoms with Crippen LogP contribution in [-0.2, 0) is 6.42 Å². The van der Waals surface area contributed by atoms with Gasteiger partial charge in [-0.3, -0.25) is 0 Å². The van der Waals surface area contributed by atoms with Crippen LogP contribution in [0, 0.1) is 0 Å². The topological polar surface area (TPSA) is 55.5 Å². The fourth-order valence-electron chi connectivity index (χ4n) is 1.44. The predicted molar refractivity (Wildman–Crippen MR) is 65.6 cm³/mol. The van der Waals surface area contributed by atoms with Crippen LogP contribution in [0.2, 0.25) is 0 Å². The van der Waals surface area contributed by atoms with Crippen molar-refractivity contribution < 1.29 is 9.84 Å². The molecule has 1 aromatic carbocycles. The molecule has 0 aliphatic heterocycles. The van der Waals surface area contributed by atoms with Crippen LogP contribution < -0.4 is 10.5 Å². The molecule has 16 heavy (non-hydrogen) atoms. The lowest BCUT2D eigenvalue weighted by Crippen LogP contribution is -2.12. The summed E-state index contributed by atoms with van der Waals surface area (Å²) in [7, 11) is 0. The summed E-state index contributed by atoms with van der Waals surface area (Å²) in [6.07, 6.45) is 2.84. The van der Waals surface area contributed by atoms with Gasteiger partial charge in [-0.15, -0.1) is 0 Å². The maximum atomic E-state index is 9.07. The molecule has 1 atom stereocenters. The molecular weight excluding hydrogens is 202 g/mol. The number of hydrogen-bond donors (Lipinski definition) is 2. The number of aliphatic hydroxyl groups is 1. The fraction of sp³-hybridized carbons (Fsp3) is 0.538. The van der Waals surface area contributed by atoms with Gasteiger partial charge in [0.2, 0.25) is 0 Å². The molecule has 0 saturated heterocycles. The molecule has 0 saturated carbocycles. The maximum absolute atomic E-state index is 9.07. The van der Waals surface area contributed by atoms with Crippen LogP contribution >= 0.6 is 0 Å².